The van der Waals surface area contributed by atoms with E-state index in [4.69, 9.17) is 11.6 Å². The number of rotatable bonds is 7. The fourth-order valence-electron chi connectivity index (χ4n) is 2.31. The van der Waals surface area contributed by atoms with E-state index in [1.165, 1.54) is 16.7 Å². The lowest BCUT2D eigenvalue weighted by Gasteiger charge is -2.16. The summed E-state index contributed by atoms with van der Waals surface area (Å²) in [6.07, 6.45) is 1.60. The van der Waals surface area contributed by atoms with Gasteiger partial charge in [-0.05, 0) is 24.3 Å². The smallest absolute Gasteiger partial charge is 0.244 e. The summed E-state index contributed by atoms with van der Waals surface area (Å²) in [6, 6.07) is 16.5. The van der Waals surface area contributed by atoms with Gasteiger partial charge in [0, 0.05) is 7.05 Å². The maximum absolute atomic E-state index is 12.3. The summed E-state index contributed by atoms with van der Waals surface area (Å²) in [6.45, 7) is -0.0729. The van der Waals surface area contributed by atoms with Crippen molar-refractivity contribution in [2.24, 2.45) is 0 Å². The van der Waals surface area contributed by atoms with Crippen LogP contribution >= 0.6 is 23.4 Å². The largest absolute Gasteiger partial charge is 0.336 e. The first kappa shape index (κ1) is 19.9. The summed E-state index contributed by atoms with van der Waals surface area (Å²) in [5, 5.41) is 7.97. The van der Waals surface area contributed by atoms with Gasteiger partial charge in [0.2, 0.25) is 17.0 Å². The zero-order chi connectivity index (χ0) is 19.9. The van der Waals surface area contributed by atoms with Crippen molar-refractivity contribution < 1.29 is 9.59 Å². The molecule has 28 heavy (non-hydrogen) atoms. The van der Waals surface area contributed by atoms with E-state index in [2.05, 4.69) is 15.4 Å². The number of carbonyl (C=O) groups is 2. The summed E-state index contributed by atoms with van der Waals surface area (Å²) >= 11 is 7.24. The highest BCUT2D eigenvalue weighted by Gasteiger charge is 2.15. The average Bonchev–Trinajstić information content (AvgIpc) is 3.17. The molecule has 0 atom stereocenters. The van der Waals surface area contributed by atoms with Crippen LogP contribution in [0, 0.1) is 0 Å². The fourth-order valence-corrected chi connectivity index (χ4v) is 3.23. The molecule has 144 valence electrons. The fraction of sp³-hybridized carbons (Fsp3) is 0.158. The zero-order valence-corrected chi connectivity index (χ0v) is 16.7. The van der Waals surface area contributed by atoms with Gasteiger partial charge in [0.15, 0.2) is 0 Å². The van der Waals surface area contributed by atoms with Gasteiger partial charge in [-0.25, -0.2) is 9.67 Å². The number of benzene rings is 2. The van der Waals surface area contributed by atoms with Crippen LogP contribution in [0.25, 0.3) is 5.69 Å². The lowest BCUT2D eigenvalue weighted by Crippen LogP contribution is -2.36. The normalized spacial score (nSPS) is 10.5. The molecule has 7 nitrogen and oxygen atoms in total. The molecule has 0 bridgehead atoms. The Morgan fingerprint density at radius 3 is 2.61 bits per heavy atom. The van der Waals surface area contributed by atoms with E-state index in [1.54, 1.807) is 42.3 Å². The zero-order valence-electron chi connectivity index (χ0n) is 15.1. The maximum Gasteiger partial charge on any atom is 0.244 e. The topological polar surface area (TPSA) is 80.1 Å². The van der Waals surface area contributed by atoms with E-state index in [-0.39, 0.29) is 24.1 Å². The number of carbonyl (C=O) groups excluding carboxylic acids is 2. The highest BCUT2D eigenvalue weighted by Crippen LogP contribution is 2.20. The summed E-state index contributed by atoms with van der Waals surface area (Å²) in [7, 11) is 1.57. The number of nitrogens with zero attached hydrogens (tertiary/aromatic N) is 4. The van der Waals surface area contributed by atoms with E-state index >= 15 is 0 Å². The molecule has 0 fully saturated rings. The SMILES string of the molecule is CN(CC(=O)Nc1ccccc1Cl)C(=O)CSc1ncn(-c2ccccc2)n1. The number of likely N-dealkylation sites (N-methyl/N-ethyl adjacent to an activating group) is 1. The molecule has 0 saturated carbocycles. The van der Waals surface area contributed by atoms with Crippen LogP contribution < -0.4 is 5.32 Å². The van der Waals surface area contributed by atoms with Crippen LogP contribution in [0.15, 0.2) is 66.1 Å². The van der Waals surface area contributed by atoms with Crippen LogP contribution in [-0.4, -0.2) is 50.8 Å². The molecule has 0 radical (unpaired) electrons. The number of hydrogen-bond donors (Lipinski definition) is 1. The molecule has 0 saturated heterocycles. The summed E-state index contributed by atoms with van der Waals surface area (Å²) in [5.41, 5.74) is 1.40. The Bertz CT molecular complexity index is 964. The molecule has 0 unspecified atom stereocenters. The highest BCUT2D eigenvalue weighted by molar-refractivity contribution is 7.99. The Hall–Kier alpha value is -2.84. The van der Waals surface area contributed by atoms with E-state index in [0.29, 0.717) is 15.9 Å². The van der Waals surface area contributed by atoms with Crippen LogP contribution in [0.5, 0.6) is 0 Å². The lowest BCUT2D eigenvalue weighted by molar-refractivity contribution is -0.131. The van der Waals surface area contributed by atoms with Crippen molar-refractivity contribution in [2.75, 3.05) is 24.7 Å². The number of anilines is 1. The summed E-state index contributed by atoms with van der Waals surface area (Å²) in [5.74, 6) is -0.384. The van der Waals surface area contributed by atoms with Gasteiger partial charge in [-0.2, -0.15) is 0 Å². The van der Waals surface area contributed by atoms with E-state index < -0.39 is 0 Å². The number of halogens is 1. The van der Waals surface area contributed by atoms with Gasteiger partial charge < -0.3 is 10.2 Å². The van der Waals surface area contributed by atoms with Crippen LogP contribution in [0.1, 0.15) is 0 Å². The quantitative estimate of drug-likeness (QED) is 0.600. The van der Waals surface area contributed by atoms with Crippen molar-refractivity contribution in [3.05, 3.63) is 65.9 Å². The van der Waals surface area contributed by atoms with Crippen molar-refractivity contribution >= 4 is 40.9 Å². The minimum absolute atomic E-state index is 0.0729. The highest BCUT2D eigenvalue weighted by atomic mass is 35.5. The van der Waals surface area contributed by atoms with Crippen molar-refractivity contribution in [3.63, 3.8) is 0 Å². The second-order valence-electron chi connectivity index (χ2n) is 5.87. The molecular formula is C19H18ClN5O2S. The molecule has 1 N–H and O–H groups in total. The van der Waals surface area contributed by atoms with Gasteiger partial charge in [-0.15, -0.1) is 5.10 Å². The van der Waals surface area contributed by atoms with Gasteiger partial charge >= 0.3 is 0 Å². The molecule has 1 aromatic heterocycles. The number of nitrogens with one attached hydrogen (secondary N) is 1. The average molecular weight is 416 g/mol. The standard InChI is InChI=1S/C19H18ClN5O2S/c1-24(11-17(26)22-16-10-6-5-9-15(16)20)18(27)12-28-19-21-13-25(23-19)14-7-3-2-4-8-14/h2-10,13H,11-12H2,1H3,(H,22,26). The number of para-hydroxylation sites is 2. The Kier molecular flexibility index (Phi) is 6.67. The molecule has 1 heterocycles. The Morgan fingerprint density at radius 2 is 1.86 bits per heavy atom. The summed E-state index contributed by atoms with van der Waals surface area (Å²) < 4.78 is 1.65. The van der Waals surface area contributed by atoms with Crippen LogP contribution in [-0.2, 0) is 9.59 Å². The molecule has 3 rings (SSSR count). The van der Waals surface area contributed by atoms with Gasteiger partial charge in [0.05, 0.1) is 28.7 Å². The monoisotopic (exact) mass is 415 g/mol. The van der Waals surface area contributed by atoms with E-state index in [0.717, 1.165) is 5.69 Å². The predicted octanol–water partition coefficient (Wildman–Crippen LogP) is 3.11. The molecule has 0 spiro atoms. The minimum Gasteiger partial charge on any atom is -0.336 e. The predicted molar refractivity (Wildman–Crippen MR) is 110 cm³/mol. The molecule has 0 aliphatic carbocycles. The van der Waals surface area contributed by atoms with E-state index in [1.807, 2.05) is 30.3 Å². The van der Waals surface area contributed by atoms with Crippen LogP contribution in [0.3, 0.4) is 0 Å². The molecule has 2 amide bonds. The minimum atomic E-state index is -0.319. The number of amides is 2. The molecule has 9 heteroatoms. The molecule has 3 aromatic rings. The van der Waals surface area contributed by atoms with Gasteiger partial charge in [-0.1, -0.05) is 53.7 Å². The molecule has 2 aromatic carbocycles. The van der Waals surface area contributed by atoms with Crippen molar-refractivity contribution in [2.45, 2.75) is 5.16 Å². The third-order valence-corrected chi connectivity index (χ3v) is 4.94. The van der Waals surface area contributed by atoms with Crippen LogP contribution in [0.4, 0.5) is 5.69 Å². The molecule has 0 aliphatic rings. The third-order valence-electron chi connectivity index (χ3n) is 3.77. The Morgan fingerprint density at radius 1 is 1.14 bits per heavy atom. The first-order valence-electron chi connectivity index (χ1n) is 8.41. The first-order valence-corrected chi connectivity index (χ1v) is 9.77. The van der Waals surface area contributed by atoms with Crippen LogP contribution in [0.2, 0.25) is 5.02 Å². The van der Waals surface area contributed by atoms with Gasteiger partial charge in [0.1, 0.15) is 6.33 Å². The number of thioether (sulfide) groups is 1. The van der Waals surface area contributed by atoms with Gasteiger partial charge in [-0.3, -0.25) is 9.59 Å². The maximum atomic E-state index is 12.3. The second kappa shape index (κ2) is 9.38. The van der Waals surface area contributed by atoms with Crippen molar-refractivity contribution in [1.29, 1.82) is 0 Å². The first-order chi connectivity index (χ1) is 13.5. The second-order valence-corrected chi connectivity index (χ2v) is 7.22. The van der Waals surface area contributed by atoms with Crippen molar-refractivity contribution in [3.8, 4) is 5.69 Å². The Labute approximate surface area is 171 Å². The van der Waals surface area contributed by atoms with Gasteiger partial charge in [0.25, 0.3) is 0 Å². The molecule has 0 aliphatic heterocycles. The van der Waals surface area contributed by atoms with E-state index in [9.17, 15) is 9.59 Å². The number of hydrogen-bond acceptors (Lipinski definition) is 5. The lowest BCUT2D eigenvalue weighted by atomic mass is 10.3. The third kappa shape index (κ3) is 5.34. The van der Waals surface area contributed by atoms with Crippen molar-refractivity contribution in [1.82, 2.24) is 19.7 Å². The molecular weight excluding hydrogens is 398 g/mol. The number of aromatic nitrogens is 3. The Balaban J connectivity index is 1.49. The summed E-state index contributed by atoms with van der Waals surface area (Å²) in [4.78, 5) is 30.0.